The highest BCUT2D eigenvalue weighted by molar-refractivity contribution is 5.07. The molecule has 3 heteroatoms. The molecule has 1 aliphatic carbocycles. The van der Waals surface area contributed by atoms with Crippen molar-refractivity contribution in [2.45, 2.75) is 44.8 Å². The van der Waals surface area contributed by atoms with E-state index in [9.17, 15) is 5.11 Å². The lowest BCUT2D eigenvalue weighted by Gasteiger charge is -2.26. The van der Waals surface area contributed by atoms with Gasteiger partial charge < -0.3 is 10.4 Å². The molecular formula is C14H22N2O. The van der Waals surface area contributed by atoms with Crippen molar-refractivity contribution in [3.63, 3.8) is 0 Å². The monoisotopic (exact) mass is 234 g/mol. The summed E-state index contributed by atoms with van der Waals surface area (Å²) in [7, 11) is 0. The second kappa shape index (κ2) is 6.12. The van der Waals surface area contributed by atoms with E-state index in [1.54, 1.807) is 0 Å². The quantitative estimate of drug-likeness (QED) is 0.840. The van der Waals surface area contributed by atoms with Crippen molar-refractivity contribution >= 4 is 0 Å². The molecule has 0 saturated heterocycles. The van der Waals surface area contributed by atoms with Crippen molar-refractivity contribution in [2.24, 2.45) is 5.92 Å². The summed E-state index contributed by atoms with van der Waals surface area (Å²) < 4.78 is 0. The van der Waals surface area contributed by atoms with E-state index in [1.807, 2.05) is 18.3 Å². The van der Waals surface area contributed by atoms with Gasteiger partial charge in [-0.05, 0) is 57.2 Å². The number of pyridine rings is 1. The Kier molecular flexibility index (Phi) is 4.51. The second-order valence-electron chi connectivity index (χ2n) is 5.06. The van der Waals surface area contributed by atoms with Crippen molar-refractivity contribution in [3.8, 4) is 0 Å². The van der Waals surface area contributed by atoms with Crippen LogP contribution >= 0.6 is 0 Å². The zero-order chi connectivity index (χ0) is 12.1. The Morgan fingerprint density at radius 2 is 2.12 bits per heavy atom. The molecule has 1 atom stereocenters. The summed E-state index contributed by atoms with van der Waals surface area (Å²) in [6, 6.07) is 6.33. The van der Waals surface area contributed by atoms with Gasteiger partial charge in [-0.3, -0.25) is 4.98 Å². The average Bonchev–Trinajstić information content (AvgIpc) is 2.39. The number of nitrogens with one attached hydrogen (secondary N) is 1. The number of nitrogens with zero attached hydrogens (tertiary/aromatic N) is 1. The lowest BCUT2D eigenvalue weighted by molar-refractivity contribution is 0.107. The van der Waals surface area contributed by atoms with Crippen LogP contribution < -0.4 is 5.32 Å². The van der Waals surface area contributed by atoms with E-state index in [1.165, 1.54) is 0 Å². The molecule has 0 spiro atoms. The first-order valence-corrected chi connectivity index (χ1v) is 6.58. The molecule has 0 radical (unpaired) electrons. The minimum Gasteiger partial charge on any atom is -0.393 e. The molecule has 1 unspecified atom stereocenters. The summed E-state index contributed by atoms with van der Waals surface area (Å²) in [6.07, 6.45) is 5.99. The van der Waals surface area contributed by atoms with Crippen LogP contribution in [0.1, 0.15) is 44.3 Å². The summed E-state index contributed by atoms with van der Waals surface area (Å²) in [4.78, 5) is 4.35. The summed E-state index contributed by atoms with van der Waals surface area (Å²) in [5, 5.41) is 13.0. The van der Waals surface area contributed by atoms with Gasteiger partial charge in [-0.15, -0.1) is 0 Å². The molecule has 2 rings (SSSR count). The molecule has 0 bridgehead atoms. The van der Waals surface area contributed by atoms with Gasteiger partial charge >= 0.3 is 0 Å². The maximum atomic E-state index is 9.45. The van der Waals surface area contributed by atoms with E-state index >= 15 is 0 Å². The Morgan fingerprint density at radius 1 is 1.35 bits per heavy atom. The Balaban J connectivity index is 1.75. The SMILES string of the molecule is CC(NCC1CCC(O)CC1)c1ccccn1. The van der Waals surface area contributed by atoms with Crippen molar-refractivity contribution < 1.29 is 5.11 Å². The lowest BCUT2D eigenvalue weighted by atomic mass is 9.87. The van der Waals surface area contributed by atoms with Crippen LogP contribution in [-0.4, -0.2) is 22.7 Å². The van der Waals surface area contributed by atoms with Gasteiger partial charge in [0.25, 0.3) is 0 Å². The fourth-order valence-corrected chi connectivity index (χ4v) is 2.43. The average molecular weight is 234 g/mol. The van der Waals surface area contributed by atoms with E-state index in [4.69, 9.17) is 0 Å². The van der Waals surface area contributed by atoms with Crippen LogP contribution in [0.4, 0.5) is 0 Å². The number of rotatable bonds is 4. The normalized spacial score (nSPS) is 26.7. The fraction of sp³-hybridized carbons (Fsp3) is 0.643. The summed E-state index contributed by atoms with van der Waals surface area (Å²) >= 11 is 0. The Bertz CT molecular complexity index is 320. The largest absolute Gasteiger partial charge is 0.393 e. The van der Waals surface area contributed by atoms with Gasteiger partial charge in [0.2, 0.25) is 0 Å². The number of hydrogen-bond acceptors (Lipinski definition) is 3. The summed E-state index contributed by atoms with van der Waals surface area (Å²) in [6.45, 7) is 3.18. The summed E-state index contributed by atoms with van der Waals surface area (Å²) in [5.74, 6) is 0.713. The molecule has 1 aliphatic rings. The zero-order valence-corrected chi connectivity index (χ0v) is 10.5. The molecule has 2 N–H and O–H groups in total. The predicted octanol–water partition coefficient (Wildman–Crippen LogP) is 2.28. The predicted molar refractivity (Wildman–Crippen MR) is 68.6 cm³/mol. The van der Waals surface area contributed by atoms with E-state index in [-0.39, 0.29) is 6.10 Å². The first-order chi connectivity index (χ1) is 8.25. The molecule has 17 heavy (non-hydrogen) atoms. The summed E-state index contributed by atoms with van der Waals surface area (Å²) in [5.41, 5.74) is 1.10. The van der Waals surface area contributed by atoms with Crippen LogP contribution in [0.25, 0.3) is 0 Å². The third-order valence-electron chi connectivity index (χ3n) is 3.66. The first kappa shape index (κ1) is 12.5. The molecule has 0 aromatic carbocycles. The molecule has 3 nitrogen and oxygen atoms in total. The number of aliphatic hydroxyl groups excluding tert-OH is 1. The van der Waals surface area contributed by atoms with E-state index in [0.29, 0.717) is 12.0 Å². The van der Waals surface area contributed by atoms with Gasteiger partial charge in [0.15, 0.2) is 0 Å². The molecule has 1 aromatic rings. The molecule has 1 heterocycles. The standard InChI is InChI=1S/C14H22N2O/c1-11(14-4-2-3-9-15-14)16-10-12-5-7-13(17)8-6-12/h2-4,9,11-13,16-17H,5-8,10H2,1H3. The maximum Gasteiger partial charge on any atom is 0.0570 e. The molecule has 1 aromatic heterocycles. The van der Waals surface area contributed by atoms with Crippen LogP contribution in [0.2, 0.25) is 0 Å². The van der Waals surface area contributed by atoms with Crippen LogP contribution in [-0.2, 0) is 0 Å². The van der Waals surface area contributed by atoms with E-state index < -0.39 is 0 Å². The fourth-order valence-electron chi connectivity index (χ4n) is 2.43. The maximum absolute atomic E-state index is 9.45. The first-order valence-electron chi connectivity index (χ1n) is 6.58. The van der Waals surface area contributed by atoms with Gasteiger partial charge in [0, 0.05) is 12.2 Å². The van der Waals surface area contributed by atoms with Gasteiger partial charge in [0.05, 0.1) is 11.8 Å². The third-order valence-corrected chi connectivity index (χ3v) is 3.66. The van der Waals surface area contributed by atoms with Crippen molar-refractivity contribution in [3.05, 3.63) is 30.1 Å². The number of aliphatic hydroxyl groups is 1. The minimum atomic E-state index is -0.0561. The van der Waals surface area contributed by atoms with Gasteiger partial charge in [-0.25, -0.2) is 0 Å². The van der Waals surface area contributed by atoms with E-state index in [0.717, 1.165) is 37.9 Å². The smallest absolute Gasteiger partial charge is 0.0570 e. The van der Waals surface area contributed by atoms with Crippen molar-refractivity contribution in [1.82, 2.24) is 10.3 Å². The van der Waals surface area contributed by atoms with Crippen molar-refractivity contribution in [1.29, 1.82) is 0 Å². The number of hydrogen-bond donors (Lipinski definition) is 2. The molecule has 1 saturated carbocycles. The Hall–Kier alpha value is -0.930. The van der Waals surface area contributed by atoms with Crippen LogP contribution in [0, 0.1) is 5.92 Å². The van der Waals surface area contributed by atoms with Crippen molar-refractivity contribution in [2.75, 3.05) is 6.54 Å². The van der Waals surface area contributed by atoms with Crippen LogP contribution in [0.15, 0.2) is 24.4 Å². The molecule has 94 valence electrons. The third kappa shape index (κ3) is 3.79. The molecular weight excluding hydrogens is 212 g/mol. The van der Waals surface area contributed by atoms with Gasteiger partial charge in [-0.2, -0.15) is 0 Å². The van der Waals surface area contributed by atoms with E-state index in [2.05, 4.69) is 23.3 Å². The zero-order valence-electron chi connectivity index (χ0n) is 10.5. The highest BCUT2D eigenvalue weighted by atomic mass is 16.3. The molecule has 0 aliphatic heterocycles. The topological polar surface area (TPSA) is 45.1 Å². The minimum absolute atomic E-state index is 0.0561. The molecule has 1 fully saturated rings. The number of aromatic nitrogens is 1. The lowest BCUT2D eigenvalue weighted by Crippen LogP contribution is -2.29. The highest BCUT2D eigenvalue weighted by Crippen LogP contribution is 2.24. The van der Waals surface area contributed by atoms with Crippen LogP contribution in [0.5, 0.6) is 0 Å². The van der Waals surface area contributed by atoms with Gasteiger partial charge in [-0.1, -0.05) is 6.07 Å². The Labute approximate surface area is 103 Å². The van der Waals surface area contributed by atoms with Crippen LogP contribution in [0.3, 0.4) is 0 Å². The molecule has 0 amide bonds. The van der Waals surface area contributed by atoms with Gasteiger partial charge in [0.1, 0.15) is 0 Å². The second-order valence-corrected chi connectivity index (χ2v) is 5.06. The Morgan fingerprint density at radius 3 is 2.76 bits per heavy atom. The highest BCUT2D eigenvalue weighted by Gasteiger charge is 2.19.